The van der Waals surface area contributed by atoms with Crippen LogP contribution in [0.5, 0.6) is 0 Å². The van der Waals surface area contributed by atoms with E-state index in [0.29, 0.717) is 0 Å². The molecule has 11 heavy (non-hydrogen) atoms. The van der Waals surface area contributed by atoms with E-state index in [1.807, 2.05) is 18.2 Å². The van der Waals surface area contributed by atoms with Crippen LogP contribution in [0.2, 0.25) is 0 Å². The summed E-state index contributed by atoms with van der Waals surface area (Å²) in [4.78, 5) is 0. The van der Waals surface area contributed by atoms with Crippen LogP contribution in [0, 0.1) is 15.4 Å². The minimum atomic E-state index is 0.922. The molecule has 0 atom stereocenters. The highest BCUT2D eigenvalue weighted by Crippen LogP contribution is 2.09. The molecule has 56 valence electrons. The molecule has 1 aromatic carbocycles. The van der Waals surface area contributed by atoms with Gasteiger partial charge in [0.25, 0.3) is 0 Å². The second-order valence-electron chi connectivity index (χ2n) is 2.14. The highest BCUT2D eigenvalue weighted by Gasteiger charge is 1.90. The van der Waals surface area contributed by atoms with Gasteiger partial charge in [0.2, 0.25) is 0 Å². The zero-order chi connectivity index (χ0) is 8.10. The summed E-state index contributed by atoms with van der Waals surface area (Å²) in [6, 6.07) is 8.16. The Balaban J connectivity index is 2.95. The minimum absolute atomic E-state index is 0.922. The van der Waals surface area contributed by atoms with Crippen LogP contribution in [0.3, 0.4) is 0 Å². The van der Waals surface area contributed by atoms with Crippen molar-refractivity contribution < 1.29 is 0 Å². The van der Waals surface area contributed by atoms with E-state index in [2.05, 4.69) is 47.4 Å². The van der Waals surface area contributed by atoms with Crippen molar-refractivity contribution in [2.75, 3.05) is 0 Å². The molecule has 0 saturated heterocycles. The number of hydrogen-bond acceptors (Lipinski definition) is 0. The highest BCUT2D eigenvalue weighted by atomic mass is 127. The molecule has 0 spiro atoms. The molecule has 0 bridgehead atoms. The van der Waals surface area contributed by atoms with Crippen LogP contribution in [-0.4, -0.2) is 0 Å². The van der Waals surface area contributed by atoms with Crippen molar-refractivity contribution in [2.24, 2.45) is 0 Å². The molecule has 0 amide bonds. The molecule has 1 aromatic rings. The van der Waals surface area contributed by atoms with Crippen molar-refractivity contribution in [3.05, 3.63) is 33.4 Å². The molecule has 0 aliphatic heterocycles. The fraction of sp³-hybridized carbons (Fsp3) is 0.200. The average molecular weight is 256 g/mol. The zero-order valence-electron chi connectivity index (χ0n) is 6.39. The lowest BCUT2D eigenvalue weighted by atomic mass is 10.2. The van der Waals surface area contributed by atoms with Gasteiger partial charge in [0.05, 0.1) is 0 Å². The van der Waals surface area contributed by atoms with Gasteiger partial charge in [-0.3, -0.25) is 0 Å². The maximum Gasteiger partial charge on any atom is 0.0378 e. The van der Waals surface area contributed by atoms with Crippen LogP contribution in [0.25, 0.3) is 0 Å². The lowest BCUT2D eigenvalue weighted by molar-refractivity contribution is 1.28. The summed E-state index contributed by atoms with van der Waals surface area (Å²) in [6.07, 6.45) is 0.922. The van der Waals surface area contributed by atoms with Gasteiger partial charge in [0.15, 0.2) is 0 Å². The van der Waals surface area contributed by atoms with Gasteiger partial charge >= 0.3 is 0 Å². The van der Waals surface area contributed by atoms with Gasteiger partial charge in [-0.2, -0.15) is 0 Å². The van der Waals surface area contributed by atoms with Gasteiger partial charge in [-0.05, 0) is 34.7 Å². The summed E-state index contributed by atoms with van der Waals surface area (Å²) < 4.78 is 1.23. The smallest absolute Gasteiger partial charge is 0.0378 e. The van der Waals surface area contributed by atoms with Gasteiger partial charge in [0.1, 0.15) is 0 Å². The first-order valence-corrected chi connectivity index (χ1v) is 4.66. The van der Waals surface area contributed by atoms with E-state index >= 15 is 0 Å². The van der Waals surface area contributed by atoms with Crippen molar-refractivity contribution in [3.63, 3.8) is 0 Å². The summed E-state index contributed by atoms with van der Waals surface area (Å²) in [5.41, 5.74) is 1.13. The van der Waals surface area contributed by atoms with Gasteiger partial charge in [-0.1, -0.05) is 30.9 Å². The first-order valence-electron chi connectivity index (χ1n) is 3.58. The Morgan fingerprint density at radius 2 is 2.09 bits per heavy atom. The molecule has 0 radical (unpaired) electrons. The predicted octanol–water partition coefficient (Wildman–Crippen LogP) is 3.05. The number of halogens is 1. The van der Waals surface area contributed by atoms with E-state index < -0.39 is 0 Å². The van der Waals surface area contributed by atoms with Gasteiger partial charge < -0.3 is 0 Å². The SMILES string of the molecule is CCC#Cc1ccccc1I. The molecule has 0 aromatic heterocycles. The molecule has 0 aliphatic rings. The zero-order valence-corrected chi connectivity index (χ0v) is 8.55. The first-order chi connectivity index (χ1) is 5.34. The third-order valence-corrected chi connectivity index (χ3v) is 2.21. The summed E-state index contributed by atoms with van der Waals surface area (Å²) >= 11 is 2.30. The molecule has 0 nitrogen and oxygen atoms in total. The van der Waals surface area contributed by atoms with E-state index in [1.54, 1.807) is 0 Å². The van der Waals surface area contributed by atoms with Crippen LogP contribution in [0.15, 0.2) is 24.3 Å². The largest absolute Gasteiger partial charge is 0.0981 e. The van der Waals surface area contributed by atoms with Crippen LogP contribution in [0.4, 0.5) is 0 Å². The molecule has 0 saturated carbocycles. The van der Waals surface area contributed by atoms with Gasteiger partial charge in [-0.15, -0.1) is 0 Å². The fourth-order valence-corrected chi connectivity index (χ4v) is 1.27. The Labute approximate surface area is 81.2 Å². The third kappa shape index (κ3) is 2.55. The Morgan fingerprint density at radius 1 is 1.36 bits per heavy atom. The van der Waals surface area contributed by atoms with Crippen molar-refractivity contribution in [3.8, 4) is 11.8 Å². The predicted molar refractivity (Wildman–Crippen MR) is 56.3 cm³/mol. The monoisotopic (exact) mass is 256 g/mol. The molecular formula is C10H9I. The van der Waals surface area contributed by atoms with E-state index in [4.69, 9.17) is 0 Å². The first kappa shape index (κ1) is 8.61. The van der Waals surface area contributed by atoms with E-state index in [1.165, 1.54) is 3.57 Å². The van der Waals surface area contributed by atoms with Gasteiger partial charge in [0, 0.05) is 15.6 Å². The van der Waals surface area contributed by atoms with Gasteiger partial charge in [-0.25, -0.2) is 0 Å². The fourth-order valence-electron chi connectivity index (χ4n) is 0.746. The summed E-state index contributed by atoms with van der Waals surface area (Å²) in [6.45, 7) is 2.06. The Bertz CT molecular complexity index is 291. The minimum Gasteiger partial charge on any atom is -0.0981 e. The van der Waals surface area contributed by atoms with Crippen molar-refractivity contribution in [1.82, 2.24) is 0 Å². The van der Waals surface area contributed by atoms with Crippen molar-refractivity contribution in [1.29, 1.82) is 0 Å². The molecule has 1 heteroatoms. The maximum atomic E-state index is 3.11. The topological polar surface area (TPSA) is 0 Å². The molecule has 0 fully saturated rings. The second kappa shape index (κ2) is 4.40. The Kier molecular flexibility index (Phi) is 3.44. The summed E-state index contributed by atoms with van der Waals surface area (Å²) in [5.74, 6) is 6.16. The van der Waals surface area contributed by atoms with E-state index in [-0.39, 0.29) is 0 Å². The summed E-state index contributed by atoms with van der Waals surface area (Å²) in [7, 11) is 0. The molecule has 1 rings (SSSR count). The lowest BCUT2D eigenvalue weighted by Crippen LogP contribution is -1.78. The normalized spacial score (nSPS) is 8.55. The lowest BCUT2D eigenvalue weighted by Gasteiger charge is -1.92. The standard InChI is InChI=1S/C10H9I/c1-2-3-6-9-7-4-5-8-10(9)11/h4-5,7-8H,2H2,1H3. The van der Waals surface area contributed by atoms with Crippen molar-refractivity contribution >= 4 is 22.6 Å². The van der Waals surface area contributed by atoms with Crippen LogP contribution in [-0.2, 0) is 0 Å². The molecule has 0 aliphatic carbocycles. The third-order valence-electron chi connectivity index (χ3n) is 1.27. The summed E-state index contributed by atoms with van der Waals surface area (Å²) in [5, 5.41) is 0. The van der Waals surface area contributed by atoms with E-state index in [9.17, 15) is 0 Å². The number of hydrogen-bond donors (Lipinski definition) is 0. The quantitative estimate of drug-likeness (QED) is 0.494. The molecule has 0 N–H and O–H groups in total. The van der Waals surface area contributed by atoms with Crippen LogP contribution in [0.1, 0.15) is 18.9 Å². The Hall–Kier alpha value is -0.490. The second-order valence-corrected chi connectivity index (χ2v) is 3.30. The van der Waals surface area contributed by atoms with Crippen LogP contribution < -0.4 is 0 Å². The highest BCUT2D eigenvalue weighted by molar-refractivity contribution is 14.1. The number of rotatable bonds is 0. The Morgan fingerprint density at radius 3 is 2.73 bits per heavy atom. The number of benzene rings is 1. The van der Waals surface area contributed by atoms with E-state index in [0.717, 1.165) is 12.0 Å². The maximum absolute atomic E-state index is 3.11. The molecular weight excluding hydrogens is 247 g/mol. The van der Waals surface area contributed by atoms with Crippen LogP contribution >= 0.6 is 22.6 Å². The average Bonchev–Trinajstić information content (AvgIpc) is 2.03. The molecule has 0 heterocycles. The van der Waals surface area contributed by atoms with Crippen molar-refractivity contribution in [2.45, 2.75) is 13.3 Å². The molecule has 0 unspecified atom stereocenters.